The van der Waals surface area contributed by atoms with Gasteiger partial charge in [0.1, 0.15) is 5.15 Å². The van der Waals surface area contributed by atoms with E-state index >= 15 is 0 Å². The smallest absolute Gasteiger partial charge is 0.169 e. The number of nitrogens with zero attached hydrogens (tertiary/aromatic N) is 1. The number of Topliss-reactive ketones (excluding diaryl/α,β-unsaturated/α-hetero) is 1. The van der Waals surface area contributed by atoms with Gasteiger partial charge in [0.2, 0.25) is 0 Å². The van der Waals surface area contributed by atoms with Crippen molar-refractivity contribution >= 4 is 17.4 Å². The molecule has 0 amide bonds. The monoisotopic (exact) mass is 197 g/mol. The average molecular weight is 198 g/mol. The van der Waals surface area contributed by atoms with E-state index in [2.05, 4.69) is 4.98 Å². The highest BCUT2D eigenvalue weighted by Gasteiger charge is 2.22. The summed E-state index contributed by atoms with van der Waals surface area (Å²) in [5, 5.41) is 0.408. The van der Waals surface area contributed by atoms with Gasteiger partial charge in [-0.25, -0.2) is 4.98 Å². The van der Waals surface area contributed by atoms with Crippen molar-refractivity contribution in [3.05, 3.63) is 29.0 Å². The fourth-order valence-electron chi connectivity index (χ4n) is 0.943. The lowest BCUT2D eigenvalue weighted by Gasteiger charge is -2.15. The highest BCUT2D eigenvalue weighted by Crippen LogP contribution is 2.20. The molecule has 0 fully saturated rings. The van der Waals surface area contributed by atoms with Crippen molar-refractivity contribution in [1.29, 1.82) is 0 Å². The van der Waals surface area contributed by atoms with Gasteiger partial charge in [-0.1, -0.05) is 32.4 Å². The van der Waals surface area contributed by atoms with Gasteiger partial charge in [-0.15, -0.1) is 0 Å². The van der Waals surface area contributed by atoms with E-state index in [-0.39, 0.29) is 11.2 Å². The quantitative estimate of drug-likeness (QED) is 0.512. The third-order valence-corrected chi connectivity index (χ3v) is 1.89. The summed E-state index contributed by atoms with van der Waals surface area (Å²) in [7, 11) is 0. The van der Waals surface area contributed by atoms with Crippen LogP contribution in [0.3, 0.4) is 0 Å². The van der Waals surface area contributed by atoms with Gasteiger partial charge in [0.05, 0.1) is 0 Å². The first-order valence-electron chi connectivity index (χ1n) is 4.07. The second-order valence-corrected chi connectivity index (χ2v) is 4.34. The summed E-state index contributed by atoms with van der Waals surface area (Å²) in [5.41, 5.74) is 0.243. The number of rotatable bonds is 1. The maximum absolute atomic E-state index is 11.7. The zero-order chi connectivity index (χ0) is 10.1. The summed E-state index contributed by atoms with van der Waals surface area (Å²) < 4.78 is 0. The standard InChI is InChI=1S/C10H12ClNO/c1-10(2,3)9(13)7-4-5-8(11)12-6-7/h4-6H,1-3H3. The summed E-state index contributed by atoms with van der Waals surface area (Å²) in [6.45, 7) is 5.64. The molecule has 0 saturated carbocycles. The molecule has 0 aromatic carbocycles. The Bertz CT molecular complexity index is 311. The molecule has 0 unspecified atom stereocenters. The Kier molecular flexibility index (Phi) is 2.71. The van der Waals surface area contributed by atoms with Crippen LogP contribution in [0.15, 0.2) is 18.3 Å². The molecule has 1 aromatic heterocycles. The van der Waals surface area contributed by atoms with Crippen LogP contribution in [0, 0.1) is 5.41 Å². The normalized spacial score (nSPS) is 11.4. The maximum atomic E-state index is 11.7. The summed E-state index contributed by atoms with van der Waals surface area (Å²) in [6, 6.07) is 3.32. The molecule has 70 valence electrons. The molecule has 0 atom stereocenters. The van der Waals surface area contributed by atoms with Gasteiger partial charge in [0, 0.05) is 17.2 Å². The van der Waals surface area contributed by atoms with Crippen molar-refractivity contribution in [3.63, 3.8) is 0 Å². The highest BCUT2D eigenvalue weighted by molar-refractivity contribution is 6.29. The van der Waals surface area contributed by atoms with Crippen LogP contribution in [0.4, 0.5) is 0 Å². The highest BCUT2D eigenvalue weighted by atomic mass is 35.5. The number of hydrogen-bond acceptors (Lipinski definition) is 2. The summed E-state index contributed by atoms with van der Waals surface area (Å²) in [6.07, 6.45) is 1.51. The van der Waals surface area contributed by atoms with Crippen molar-refractivity contribution in [2.75, 3.05) is 0 Å². The van der Waals surface area contributed by atoms with Crippen LogP contribution < -0.4 is 0 Å². The zero-order valence-corrected chi connectivity index (χ0v) is 8.72. The lowest BCUT2D eigenvalue weighted by molar-refractivity contribution is 0.0858. The number of pyridine rings is 1. The molecular weight excluding hydrogens is 186 g/mol. The van der Waals surface area contributed by atoms with E-state index in [0.717, 1.165) is 0 Å². The second kappa shape index (κ2) is 3.46. The van der Waals surface area contributed by atoms with E-state index < -0.39 is 0 Å². The number of carbonyl (C=O) groups excluding carboxylic acids is 1. The van der Waals surface area contributed by atoms with Gasteiger partial charge in [-0.2, -0.15) is 0 Å². The van der Waals surface area contributed by atoms with Crippen molar-refractivity contribution in [2.24, 2.45) is 5.41 Å². The fraction of sp³-hybridized carbons (Fsp3) is 0.400. The zero-order valence-electron chi connectivity index (χ0n) is 7.97. The molecule has 1 aromatic rings. The van der Waals surface area contributed by atoms with E-state index in [1.165, 1.54) is 6.20 Å². The SMILES string of the molecule is CC(C)(C)C(=O)c1ccc(Cl)nc1. The predicted octanol–water partition coefficient (Wildman–Crippen LogP) is 2.96. The van der Waals surface area contributed by atoms with Gasteiger partial charge < -0.3 is 0 Å². The number of halogens is 1. The molecule has 2 nitrogen and oxygen atoms in total. The molecule has 1 heterocycles. The van der Waals surface area contributed by atoms with Gasteiger partial charge >= 0.3 is 0 Å². The van der Waals surface area contributed by atoms with Crippen LogP contribution in [0.25, 0.3) is 0 Å². The second-order valence-electron chi connectivity index (χ2n) is 3.95. The van der Waals surface area contributed by atoms with E-state index in [0.29, 0.717) is 10.7 Å². The first kappa shape index (κ1) is 10.2. The first-order chi connectivity index (χ1) is 5.91. The van der Waals surface area contributed by atoms with E-state index in [1.807, 2.05) is 20.8 Å². The van der Waals surface area contributed by atoms with Crippen LogP contribution >= 0.6 is 11.6 Å². The minimum absolute atomic E-state index is 0.0802. The lowest BCUT2D eigenvalue weighted by Crippen LogP contribution is -2.20. The summed E-state index contributed by atoms with van der Waals surface area (Å²) in [4.78, 5) is 15.6. The molecular formula is C10H12ClNO. The Morgan fingerprint density at radius 1 is 1.38 bits per heavy atom. The van der Waals surface area contributed by atoms with Crippen molar-refractivity contribution in [3.8, 4) is 0 Å². The minimum atomic E-state index is -0.366. The topological polar surface area (TPSA) is 30.0 Å². The third-order valence-electron chi connectivity index (χ3n) is 1.67. The molecule has 0 saturated heterocycles. The van der Waals surface area contributed by atoms with E-state index in [4.69, 9.17) is 11.6 Å². The Hall–Kier alpha value is -0.890. The van der Waals surface area contributed by atoms with Gasteiger partial charge in [0.25, 0.3) is 0 Å². The fourth-order valence-corrected chi connectivity index (χ4v) is 1.05. The first-order valence-corrected chi connectivity index (χ1v) is 4.45. The average Bonchev–Trinajstić information content (AvgIpc) is 2.03. The minimum Gasteiger partial charge on any atom is -0.294 e. The Labute approximate surface area is 82.9 Å². The maximum Gasteiger partial charge on any atom is 0.169 e. The molecule has 3 heteroatoms. The van der Waals surface area contributed by atoms with Gasteiger partial charge in [-0.05, 0) is 12.1 Å². The molecule has 1 rings (SSSR count). The Balaban J connectivity index is 2.97. The van der Waals surface area contributed by atoms with Crippen molar-refractivity contribution in [2.45, 2.75) is 20.8 Å². The number of aromatic nitrogens is 1. The molecule has 13 heavy (non-hydrogen) atoms. The van der Waals surface area contributed by atoms with Crippen LogP contribution in [-0.2, 0) is 0 Å². The number of hydrogen-bond donors (Lipinski definition) is 0. The van der Waals surface area contributed by atoms with E-state index in [9.17, 15) is 4.79 Å². The van der Waals surface area contributed by atoms with Crippen LogP contribution in [0.2, 0.25) is 5.15 Å². The van der Waals surface area contributed by atoms with Crippen molar-refractivity contribution in [1.82, 2.24) is 4.98 Å². The van der Waals surface area contributed by atoms with Crippen LogP contribution in [0.1, 0.15) is 31.1 Å². The van der Waals surface area contributed by atoms with E-state index in [1.54, 1.807) is 12.1 Å². The predicted molar refractivity (Wildman–Crippen MR) is 53.0 cm³/mol. The van der Waals surface area contributed by atoms with Gasteiger partial charge in [0.15, 0.2) is 5.78 Å². The Morgan fingerprint density at radius 3 is 2.38 bits per heavy atom. The molecule has 0 spiro atoms. The largest absolute Gasteiger partial charge is 0.294 e. The molecule has 0 radical (unpaired) electrons. The Morgan fingerprint density at radius 2 is 2.00 bits per heavy atom. The molecule has 0 aliphatic rings. The van der Waals surface area contributed by atoms with Crippen LogP contribution in [0.5, 0.6) is 0 Å². The number of carbonyl (C=O) groups is 1. The molecule has 0 bridgehead atoms. The summed E-state index contributed by atoms with van der Waals surface area (Å²) in [5.74, 6) is 0.0802. The molecule has 0 N–H and O–H groups in total. The van der Waals surface area contributed by atoms with Gasteiger partial charge in [-0.3, -0.25) is 4.79 Å². The van der Waals surface area contributed by atoms with Crippen molar-refractivity contribution < 1.29 is 4.79 Å². The number of ketones is 1. The molecule has 0 aliphatic heterocycles. The lowest BCUT2D eigenvalue weighted by atomic mass is 9.87. The summed E-state index contributed by atoms with van der Waals surface area (Å²) >= 11 is 5.61. The third kappa shape index (κ3) is 2.52. The van der Waals surface area contributed by atoms with Crippen LogP contribution in [-0.4, -0.2) is 10.8 Å². The molecule has 0 aliphatic carbocycles.